The molecule has 0 saturated carbocycles. The largest absolute Gasteiger partial charge is 0.294 e. The Morgan fingerprint density at radius 3 is 0.972 bits per heavy atom. The van der Waals surface area contributed by atoms with Gasteiger partial charge in [0, 0.05) is 6.04 Å². The van der Waals surface area contributed by atoms with Gasteiger partial charge in [0.1, 0.15) is 0 Å². The third-order valence-corrected chi connectivity index (χ3v) is 8.03. The second-order valence-corrected chi connectivity index (χ2v) is 11.8. The first-order valence-corrected chi connectivity index (χ1v) is 17.4. The molecule has 0 spiro atoms. The maximum Gasteiger partial charge on any atom is 0.0495 e. The standard InChI is InChI=1S/C35H71N/c1-4-7-10-13-16-19-20-21-22-25-28-31-34-36-35(32-29-26-23-17-14-11-8-5-2)33-30-27-24-18-15-12-9-6-3/h34-35H,4-33H2,1-3H3. The Morgan fingerprint density at radius 2 is 0.639 bits per heavy atom. The van der Waals surface area contributed by atoms with E-state index in [1.165, 1.54) is 193 Å². The van der Waals surface area contributed by atoms with E-state index in [0.717, 1.165) is 0 Å². The molecule has 0 unspecified atom stereocenters. The van der Waals surface area contributed by atoms with Crippen molar-refractivity contribution in [1.29, 1.82) is 0 Å². The monoisotopic (exact) mass is 506 g/mol. The van der Waals surface area contributed by atoms with Gasteiger partial charge in [-0.2, -0.15) is 0 Å². The van der Waals surface area contributed by atoms with E-state index in [-0.39, 0.29) is 0 Å². The summed E-state index contributed by atoms with van der Waals surface area (Å²) in [6, 6.07) is 0.609. The van der Waals surface area contributed by atoms with Crippen LogP contribution in [0.5, 0.6) is 0 Å². The summed E-state index contributed by atoms with van der Waals surface area (Å²) in [5, 5.41) is 0. The third-order valence-electron chi connectivity index (χ3n) is 8.03. The van der Waals surface area contributed by atoms with Crippen LogP contribution in [0, 0.1) is 0 Å². The summed E-state index contributed by atoms with van der Waals surface area (Å²) in [5.74, 6) is 0. The molecule has 0 aromatic rings. The van der Waals surface area contributed by atoms with Gasteiger partial charge in [0.2, 0.25) is 0 Å². The summed E-state index contributed by atoms with van der Waals surface area (Å²) in [5.41, 5.74) is 0. The predicted molar refractivity (Wildman–Crippen MR) is 168 cm³/mol. The van der Waals surface area contributed by atoms with Crippen LogP contribution in [0.4, 0.5) is 0 Å². The third kappa shape index (κ3) is 29.9. The summed E-state index contributed by atoms with van der Waals surface area (Å²) in [7, 11) is 0. The normalized spacial score (nSPS) is 11.9. The van der Waals surface area contributed by atoms with Gasteiger partial charge in [-0.3, -0.25) is 4.99 Å². The molecule has 0 saturated heterocycles. The number of nitrogens with zero attached hydrogens (tertiary/aromatic N) is 1. The molecule has 0 aliphatic carbocycles. The molecule has 1 nitrogen and oxygen atoms in total. The molecule has 0 N–H and O–H groups in total. The minimum atomic E-state index is 0.609. The van der Waals surface area contributed by atoms with Crippen molar-refractivity contribution in [3.05, 3.63) is 0 Å². The van der Waals surface area contributed by atoms with Crippen molar-refractivity contribution in [2.45, 2.75) is 219 Å². The SMILES string of the molecule is CCCCCCCCCCCCCC=NC(CCCCCCCCCC)CCCCCCCCCC. The Kier molecular flexibility index (Phi) is 32.4. The minimum Gasteiger partial charge on any atom is -0.294 e. The highest BCUT2D eigenvalue weighted by molar-refractivity contribution is 5.57. The lowest BCUT2D eigenvalue weighted by atomic mass is 10.00. The van der Waals surface area contributed by atoms with Crippen molar-refractivity contribution in [1.82, 2.24) is 0 Å². The van der Waals surface area contributed by atoms with Crippen molar-refractivity contribution in [2.24, 2.45) is 4.99 Å². The first kappa shape index (κ1) is 35.7. The van der Waals surface area contributed by atoms with E-state index in [2.05, 4.69) is 27.0 Å². The number of aliphatic imine (C=N–C) groups is 1. The van der Waals surface area contributed by atoms with Gasteiger partial charge in [-0.15, -0.1) is 0 Å². The van der Waals surface area contributed by atoms with Crippen LogP contribution in [0.2, 0.25) is 0 Å². The number of unbranched alkanes of at least 4 members (excludes halogenated alkanes) is 25. The fraction of sp³-hybridized carbons (Fsp3) is 0.971. The van der Waals surface area contributed by atoms with Crippen LogP contribution in [0.25, 0.3) is 0 Å². The molecule has 36 heavy (non-hydrogen) atoms. The number of hydrogen-bond acceptors (Lipinski definition) is 1. The highest BCUT2D eigenvalue weighted by Gasteiger charge is 2.06. The van der Waals surface area contributed by atoms with E-state index in [4.69, 9.17) is 4.99 Å². The summed E-state index contributed by atoms with van der Waals surface area (Å²) < 4.78 is 0. The molecule has 0 fully saturated rings. The van der Waals surface area contributed by atoms with E-state index in [1.807, 2.05) is 0 Å². The average Bonchev–Trinajstić information content (AvgIpc) is 2.89. The van der Waals surface area contributed by atoms with Gasteiger partial charge in [0.25, 0.3) is 0 Å². The summed E-state index contributed by atoms with van der Waals surface area (Å²) >= 11 is 0. The van der Waals surface area contributed by atoms with Crippen molar-refractivity contribution < 1.29 is 0 Å². The van der Waals surface area contributed by atoms with Gasteiger partial charge in [-0.1, -0.05) is 188 Å². The molecule has 0 aliphatic rings. The predicted octanol–water partition coefficient (Wildman–Crippen LogP) is 13.2. The van der Waals surface area contributed by atoms with Crippen LogP contribution in [0.3, 0.4) is 0 Å². The maximum atomic E-state index is 5.10. The Balaban J connectivity index is 3.91. The van der Waals surface area contributed by atoms with Gasteiger partial charge in [-0.05, 0) is 31.9 Å². The molecule has 0 heterocycles. The molecule has 0 rings (SSSR count). The maximum absolute atomic E-state index is 5.10. The molecular formula is C35H71N. The lowest BCUT2D eigenvalue weighted by Gasteiger charge is -2.13. The molecule has 0 atom stereocenters. The smallest absolute Gasteiger partial charge is 0.0495 e. The van der Waals surface area contributed by atoms with Crippen molar-refractivity contribution >= 4 is 6.21 Å². The fourth-order valence-corrected chi connectivity index (χ4v) is 5.44. The van der Waals surface area contributed by atoms with Gasteiger partial charge < -0.3 is 0 Å². The molecule has 0 bridgehead atoms. The summed E-state index contributed by atoms with van der Waals surface area (Å²) in [4.78, 5) is 5.10. The van der Waals surface area contributed by atoms with Crippen LogP contribution >= 0.6 is 0 Å². The van der Waals surface area contributed by atoms with Crippen LogP contribution in [-0.4, -0.2) is 12.3 Å². The Morgan fingerprint density at radius 1 is 0.361 bits per heavy atom. The molecule has 216 valence electrons. The zero-order chi connectivity index (χ0) is 26.2. The average molecular weight is 506 g/mol. The van der Waals surface area contributed by atoms with Crippen molar-refractivity contribution in [3.63, 3.8) is 0 Å². The molecule has 0 aromatic heterocycles. The second-order valence-electron chi connectivity index (χ2n) is 11.8. The van der Waals surface area contributed by atoms with Gasteiger partial charge in [0.15, 0.2) is 0 Å². The summed E-state index contributed by atoms with van der Waals surface area (Å²) in [6.45, 7) is 6.92. The van der Waals surface area contributed by atoms with E-state index in [9.17, 15) is 0 Å². The lowest BCUT2D eigenvalue weighted by Crippen LogP contribution is -2.05. The molecular weight excluding hydrogens is 434 g/mol. The molecule has 0 radical (unpaired) electrons. The lowest BCUT2D eigenvalue weighted by molar-refractivity contribution is 0.482. The topological polar surface area (TPSA) is 12.4 Å². The van der Waals surface area contributed by atoms with E-state index in [1.54, 1.807) is 0 Å². The molecule has 0 aromatic carbocycles. The highest BCUT2D eigenvalue weighted by atomic mass is 14.8. The van der Waals surface area contributed by atoms with Crippen LogP contribution in [0.15, 0.2) is 4.99 Å². The van der Waals surface area contributed by atoms with E-state index >= 15 is 0 Å². The molecule has 0 amide bonds. The van der Waals surface area contributed by atoms with E-state index in [0.29, 0.717) is 6.04 Å². The summed E-state index contributed by atoms with van der Waals surface area (Å²) in [6.07, 6.45) is 44.7. The van der Waals surface area contributed by atoms with Gasteiger partial charge in [-0.25, -0.2) is 0 Å². The highest BCUT2D eigenvalue weighted by Crippen LogP contribution is 2.18. The molecule has 1 heteroatoms. The number of hydrogen-bond donors (Lipinski definition) is 0. The first-order valence-electron chi connectivity index (χ1n) is 17.4. The minimum absolute atomic E-state index is 0.609. The van der Waals surface area contributed by atoms with Crippen LogP contribution in [0.1, 0.15) is 213 Å². The first-order chi connectivity index (χ1) is 17.8. The van der Waals surface area contributed by atoms with Crippen LogP contribution in [-0.2, 0) is 0 Å². The second kappa shape index (κ2) is 32.7. The van der Waals surface area contributed by atoms with Gasteiger partial charge >= 0.3 is 0 Å². The molecule has 0 aliphatic heterocycles. The van der Waals surface area contributed by atoms with Crippen molar-refractivity contribution in [3.8, 4) is 0 Å². The Hall–Kier alpha value is -0.330. The van der Waals surface area contributed by atoms with Crippen molar-refractivity contribution in [2.75, 3.05) is 0 Å². The quantitative estimate of drug-likeness (QED) is 0.0656. The number of rotatable bonds is 31. The Labute approximate surface area is 230 Å². The van der Waals surface area contributed by atoms with Gasteiger partial charge in [0.05, 0.1) is 0 Å². The fourth-order valence-electron chi connectivity index (χ4n) is 5.44. The van der Waals surface area contributed by atoms with Crippen LogP contribution < -0.4 is 0 Å². The zero-order valence-electron chi connectivity index (χ0n) is 25.8. The Bertz CT molecular complexity index is 381. The zero-order valence-corrected chi connectivity index (χ0v) is 25.8. The van der Waals surface area contributed by atoms with E-state index < -0.39 is 0 Å².